The molecule has 1 saturated carbocycles. The lowest BCUT2D eigenvalue weighted by molar-refractivity contribution is 0.338. The molecule has 15 heavy (non-hydrogen) atoms. The molecule has 1 aromatic carbocycles. The van der Waals surface area contributed by atoms with Crippen molar-refractivity contribution in [1.29, 1.82) is 0 Å². The van der Waals surface area contributed by atoms with Crippen molar-refractivity contribution in [2.24, 2.45) is 0 Å². The van der Waals surface area contributed by atoms with E-state index in [2.05, 4.69) is 47.2 Å². The van der Waals surface area contributed by atoms with Gasteiger partial charge < -0.3 is 5.32 Å². The van der Waals surface area contributed by atoms with Gasteiger partial charge in [-0.1, -0.05) is 34.5 Å². The Bertz CT molecular complexity index is 333. The summed E-state index contributed by atoms with van der Waals surface area (Å²) in [5.74, 6) is 0. The predicted octanol–water partition coefficient (Wildman–Crippen LogP) is 3.71. The van der Waals surface area contributed by atoms with Gasteiger partial charge in [0.15, 0.2) is 0 Å². The molecule has 0 spiro atoms. The van der Waals surface area contributed by atoms with E-state index >= 15 is 0 Å². The maximum Gasteiger partial charge on any atom is 0.0233 e. The van der Waals surface area contributed by atoms with Crippen molar-refractivity contribution in [2.45, 2.75) is 45.7 Å². The SMILES string of the molecule is Cc1cc(CNC2CCC2)cc(C)c1Br. The van der Waals surface area contributed by atoms with Crippen LogP contribution in [0, 0.1) is 13.8 Å². The summed E-state index contributed by atoms with van der Waals surface area (Å²) in [5, 5.41) is 3.59. The number of rotatable bonds is 3. The fourth-order valence-corrected chi connectivity index (χ4v) is 2.24. The third-order valence-corrected chi connectivity index (χ3v) is 4.45. The van der Waals surface area contributed by atoms with E-state index in [1.165, 1.54) is 40.4 Å². The van der Waals surface area contributed by atoms with E-state index < -0.39 is 0 Å². The van der Waals surface area contributed by atoms with Crippen LogP contribution < -0.4 is 5.32 Å². The second-order valence-electron chi connectivity index (χ2n) is 4.55. The zero-order valence-electron chi connectivity index (χ0n) is 9.44. The van der Waals surface area contributed by atoms with E-state index in [1.54, 1.807) is 0 Å². The lowest BCUT2D eigenvalue weighted by atomic mass is 9.93. The first-order valence-electron chi connectivity index (χ1n) is 5.66. The van der Waals surface area contributed by atoms with Crippen molar-refractivity contribution < 1.29 is 0 Å². The molecule has 0 aromatic heterocycles. The minimum Gasteiger partial charge on any atom is -0.310 e. The molecule has 82 valence electrons. The molecule has 1 aliphatic rings. The van der Waals surface area contributed by atoms with Crippen molar-refractivity contribution in [2.75, 3.05) is 0 Å². The van der Waals surface area contributed by atoms with Crippen LogP contribution in [0.3, 0.4) is 0 Å². The Labute approximate surface area is 100 Å². The van der Waals surface area contributed by atoms with Gasteiger partial charge in [-0.3, -0.25) is 0 Å². The molecule has 0 bridgehead atoms. The Morgan fingerprint density at radius 2 is 1.87 bits per heavy atom. The molecule has 0 amide bonds. The van der Waals surface area contributed by atoms with Crippen molar-refractivity contribution in [3.8, 4) is 0 Å². The van der Waals surface area contributed by atoms with Crippen molar-refractivity contribution in [1.82, 2.24) is 5.32 Å². The average Bonchev–Trinajstić information content (AvgIpc) is 2.11. The summed E-state index contributed by atoms with van der Waals surface area (Å²) in [7, 11) is 0. The van der Waals surface area contributed by atoms with Gasteiger partial charge in [-0.15, -0.1) is 0 Å². The zero-order chi connectivity index (χ0) is 10.8. The molecular formula is C13H18BrN. The molecule has 2 rings (SSSR count). The molecule has 0 atom stereocenters. The summed E-state index contributed by atoms with van der Waals surface area (Å²) >= 11 is 3.60. The van der Waals surface area contributed by atoms with Gasteiger partial charge in [0.1, 0.15) is 0 Å². The second-order valence-corrected chi connectivity index (χ2v) is 5.35. The van der Waals surface area contributed by atoms with Gasteiger partial charge in [0.25, 0.3) is 0 Å². The Morgan fingerprint density at radius 3 is 2.33 bits per heavy atom. The fourth-order valence-electron chi connectivity index (χ4n) is 2.01. The van der Waals surface area contributed by atoms with Gasteiger partial charge in [0, 0.05) is 17.1 Å². The highest BCUT2D eigenvalue weighted by atomic mass is 79.9. The number of aryl methyl sites for hydroxylation is 2. The van der Waals surface area contributed by atoms with Crippen LogP contribution in [0.1, 0.15) is 36.0 Å². The Balaban J connectivity index is 2.01. The summed E-state index contributed by atoms with van der Waals surface area (Å²) in [4.78, 5) is 0. The molecule has 0 heterocycles. The molecule has 1 N–H and O–H groups in total. The number of hydrogen-bond donors (Lipinski definition) is 1. The predicted molar refractivity (Wildman–Crippen MR) is 68.1 cm³/mol. The molecule has 1 nitrogen and oxygen atoms in total. The molecule has 0 saturated heterocycles. The largest absolute Gasteiger partial charge is 0.310 e. The van der Waals surface area contributed by atoms with E-state index in [-0.39, 0.29) is 0 Å². The van der Waals surface area contributed by atoms with Gasteiger partial charge >= 0.3 is 0 Å². The van der Waals surface area contributed by atoms with Crippen LogP contribution in [-0.2, 0) is 6.54 Å². The van der Waals surface area contributed by atoms with E-state index in [9.17, 15) is 0 Å². The van der Waals surface area contributed by atoms with Crippen LogP contribution in [-0.4, -0.2) is 6.04 Å². The monoisotopic (exact) mass is 267 g/mol. The minimum atomic E-state index is 0.772. The van der Waals surface area contributed by atoms with Crippen LogP contribution >= 0.6 is 15.9 Å². The molecule has 0 unspecified atom stereocenters. The third-order valence-electron chi connectivity index (χ3n) is 3.20. The third kappa shape index (κ3) is 2.61. The van der Waals surface area contributed by atoms with E-state index in [0.717, 1.165) is 12.6 Å². The summed E-state index contributed by atoms with van der Waals surface area (Å²) in [5.41, 5.74) is 4.07. The van der Waals surface area contributed by atoms with Crippen LogP contribution in [0.2, 0.25) is 0 Å². The second kappa shape index (κ2) is 4.67. The Hall–Kier alpha value is -0.340. The highest BCUT2D eigenvalue weighted by molar-refractivity contribution is 9.10. The number of nitrogens with one attached hydrogen (secondary N) is 1. The quantitative estimate of drug-likeness (QED) is 0.881. The van der Waals surface area contributed by atoms with Crippen LogP contribution in [0.4, 0.5) is 0 Å². The number of hydrogen-bond acceptors (Lipinski definition) is 1. The molecule has 1 aromatic rings. The van der Waals surface area contributed by atoms with Gasteiger partial charge in [0.2, 0.25) is 0 Å². The first kappa shape index (κ1) is 11.2. The van der Waals surface area contributed by atoms with E-state index in [4.69, 9.17) is 0 Å². The summed E-state index contributed by atoms with van der Waals surface area (Å²) in [6, 6.07) is 5.31. The van der Waals surface area contributed by atoms with Crippen LogP contribution in [0.25, 0.3) is 0 Å². The van der Waals surface area contributed by atoms with Crippen LogP contribution in [0.15, 0.2) is 16.6 Å². The number of halogens is 1. The Kier molecular flexibility index (Phi) is 3.47. The molecule has 0 aliphatic heterocycles. The lowest BCUT2D eigenvalue weighted by Crippen LogP contribution is -2.34. The highest BCUT2D eigenvalue weighted by Gasteiger charge is 2.16. The fraction of sp³-hybridized carbons (Fsp3) is 0.538. The first-order valence-corrected chi connectivity index (χ1v) is 6.45. The molecule has 2 heteroatoms. The molecular weight excluding hydrogens is 250 g/mol. The van der Waals surface area contributed by atoms with Gasteiger partial charge in [-0.05, 0) is 43.4 Å². The minimum absolute atomic E-state index is 0.772. The lowest BCUT2D eigenvalue weighted by Gasteiger charge is -2.26. The maximum atomic E-state index is 3.60. The van der Waals surface area contributed by atoms with Crippen molar-refractivity contribution in [3.63, 3.8) is 0 Å². The highest BCUT2D eigenvalue weighted by Crippen LogP contribution is 2.23. The van der Waals surface area contributed by atoms with E-state index in [0.29, 0.717) is 0 Å². The van der Waals surface area contributed by atoms with Crippen LogP contribution in [0.5, 0.6) is 0 Å². The first-order chi connectivity index (χ1) is 7.16. The molecule has 1 fully saturated rings. The smallest absolute Gasteiger partial charge is 0.0233 e. The van der Waals surface area contributed by atoms with Crippen molar-refractivity contribution in [3.05, 3.63) is 33.3 Å². The Morgan fingerprint density at radius 1 is 1.27 bits per heavy atom. The zero-order valence-corrected chi connectivity index (χ0v) is 11.0. The van der Waals surface area contributed by atoms with Gasteiger partial charge in [-0.25, -0.2) is 0 Å². The topological polar surface area (TPSA) is 12.0 Å². The maximum absolute atomic E-state index is 3.60. The number of benzene rings is 1. The normalized spacial score (nSPS) is 16.5. The van der Waals surface area contributed by atoms with Crippen molar-refractivity contribution >= 4 is 15.9 Å². The van der Waals surface area contributed by atoms with E-state index in [1.807, 2.05) is 0 Å². The van der Waals surface area contributed by atoms with Gasteiger partial charge in [0.05, 0.1) is 0 Å². The standard InChI is InChI=1S/C13H18BrN/c1-9-6-11(7-10(2)13(9)14)8-15-12-4-3-5-12/h6-7,12,15H,3-5,8H2,1-2H3. The van der Waals surface area contributed by atoms with Gasteiger partial charge in [-0.2, -0.15) is 0 Å². The average molecular weight is 268 g/mol. The molecule has 0 radical (unpaired) electrons. The summed E-state index contributed by atoms with van der Waals surface area (Å²) in [6.45, 7) is 5.33. The molecule has 1 aliphatic carbocycles. The summed E-state index contributed by atoms with van der Waals surface area (Å²) in [6.07, 6.45) is 4.11. The summed E-state index contributed by atoms with van der Waals surface area (Å²) < 4.78 is 1.25.